The lowest BCUT2D eigenvalue weighted by atomic mass is 10.3. The molecule has 0 fully saturated rings. The second-order valence-corrected chi connectivity index (χ2v) is 3.61. The van der Waals surface area contributed by atoms with Gasteiger partial charge in [0, 0.05) is 12.4 Å². The fourth-order valence-electron chi connectivity index (χ4n) is 1.03. The molecule has 2 aromatic heterocycles. The highest BCUT2D eigenvalue weighted by Crippen LogP contribution is 2.20. The second-order valence-electron chi connectivity index (χ2n) is 2.72. The molecule has 0 bridgehead atoms. The first-order chi connectivity index (χ1) is 7.18. The van der Waals surface area contributed by atoms with Crippen LogP contribution in [0, 0.1) is 0 Å². The van der Waals surface area contributed by atoms with Gasteiger partial charge < -0.3 is 11.5 Å². The highest BCUT2D eigenvalue weighted by Gasteiger charge is 2.10. The normalized spacial score (nSPS) is 10.1. The van der Waals surface area contributed by atoms with Gasteiger partial charge in [-0.3, -0.25) is 9.78 Å². The van der Waals surface area contributed by atoms with Gasteiger partial charge >= 0.3 is 0 Å². The molecule has 0 radical (unpaired) electrons. The summed E-state index contributed by atoms with van der Waals surface area (Å²) in [5.41, 5.74) is 12.4. The van der Waals surface area contributed by atoms with Crippen LogP contribution in [-0.4, -0.2) is 20.9 Å². The molecule has 0 aromatic carbocycles. The topological polar surface area (TPSA) is 108 Å². The van der Waals surface area contributed by atoms with Crippen molar-refractivity contribution in [2.45, 2.75) is 0 Å². The highest BCUT2D eigenvalue weighted by molar-refractivity contribution is 7.13. The summed E-state index contributed by atoms with van der Waals surface area (Å²) >= 11 is 1.39. The summed E-state index contributed by atoms with van der Waals surface area (Å²) in [4.78, 5) is 23.5. The van der Waals surface area contributed by atoms with Crippen LogP contribution in [0.25, 0.3) is 10.7 Å². The molecule has 0 unspecified atom stereocenters. The molecule has 2 rings (SSSR count). The molecular formula is C8H7N5OS. The van der Waals surface area contributed by atoms with Crippen LogP contribution in [0.5, 0.6) is 0 Å². The number of hydrogen-bond donors (Lipinski definition) is 2. The average molecular weight is 221 g/mol. The summed E-state index contributed by atoms with van der Waals surface area (Å²) in [5, 5.41) is 0. The van der Waals surface area contributed by atoms with E-state index in [0.29, 0.717) is 5.82 Å². The molecule has 0 aliphatic heterocycles. The first-order valence-corrected chi connectivity index (χ1v) is 4.87. The van der Waals surface area contributed by atoms with Crippen molar-refractivity contribution in [1.82, 2.24) is 15.0 Å². The van der Waals surface area contributed by atoms with Crippen LogP contribution in [0.3, 0.4) is 0 Å². The molecule has 0 atom stereocenters. The molecule has 7 heteroatoms. The number of aromatic nitrogens is 3. The third kappa shape index (κ3) is 1.77. The number of nitrogens with two attached hydrogens (primary N) is 2. The number of thiazole rings is 1. The minimum atomic E-state index is -0.636. The Labute approximate surface area is 89.0 Å². The van der Waals surface area contributed by atoms with E-state index in [1.807, 2.05) is 0 Å². The number of carbonyl (C=O) groups is 1. The van der Waals surface area contributed by atoms with Gasteiger partial charge in [0.25, 0.3) is 5.91 Å². The van der Waals surface area contributed by atoms with E-state index in [-0.39, 0.29) is 11.4 Å². The van der Waals surface area contributed by atoms with Gasteiger partial charge in [0.05, 0.1) is 16.0 Å². The summed E-state index contributed by atoms with van der Waals surface area (Å²) < 4.78 is 0. The van der Waals surface area contributed by atoms with Gasteiger partial charge in [-0.1, -0.05) is 0 Å². The maximum Gasteiger partial charge on any atom is 0.254 e. The zero-order valence-corrected chi connectivity index (χ0v) is 8.36. The predicted molar refractivity (Wildman–Crippen MR) is 56.1 cm³/mol. The monoisotopic (exact) mass is 221 g/mol. The standard InChI is InChI=1S/C8H7N5OS/c9-6-4(7(10)14)1-12-8(13-6)5-2-11-3-15-5/h1-3H,(H2,10,14)(H2,9,12,13). The van der Waals surface area contributed by atoms with Gasteiger partial charge in [-0.2, -0.15) is 0 Å². The molecule has 0 saturated carbocycles. The quantitative estimate of drug-likeness (QED) is 0.757. The first-order valence-electron chi connectivity index (χ1n) is 3.99. The van der Waals surface area contributed by atoms with Crippen LogP contribution in [0.4, 0.5) is 5.82 Å². The zero-order valence-electron chi connectivity index (χ0n) is 7.54. The molecule has 2 aromatic rings. The number of primary amides is 1. The van der Waals surface area contributed by atoms with E-state index in [1.165, 1.54) is 17.5 Å². The lowest BCUT2D eigenvalue weighted by Crippen LogP contribution is -2.15. The van der Waals surface area contributed by atoms with Crippen molar-refractivity contribution < 1.29 is 4.79 Å². The van der Waals surface area contributed by atoms with Gasteiger partial charge in [0.2, 0.25) is 0 Å². The van der Waals surface area contributed by atoms with Crippen molar-refractivity contribution in [1.29, 1.82) is 0 Å². The third-order valence-electron chi connectivity index (χ3n) is 1.74. The van der Waals surface area contributed by atoms with E-state index < -0.39 is 5.91 Å². The molecule has 0 aliphatic rings. The van der Waals surface area contributed by atoms with Crippen molar-refractivity contribution in [3.05, 3.63) is 23.5 Å². The van der Waals surface area contributed by atoms with Crippen LogP contribution in [0.2, 0.25) is 0 Å². The molecule has 6 nitrogen and oxygen atoms in total. The van der Waals surface area contributed by atoms with Crippen LogP contribution in [0.1, 0.15) is 10.4 Å². The van der Waals surface area contributed by atoms with E-state index in [9.17, 15) is 4.79 Å². The molecule has 1 amide bonds. The first kappa shape index (κ1) is 9.53. The summed E-state index contributed by atoms with van der Waals surface area (Å²) in [6.45, 7) is 0. The molecule has 0 aliphatic carbocycles. The summed E-state index contributed by atoms with van der Waals surface area (Å²) in [6.07, 6.45) is 2.95. The number of hydrogen-bond acceptors (Lipinski definition) is 6. The smallest absolute Gasteiger partial charge is 0.254 e. The van der Waals surface area contributed by atoms with Crippen molar-refractivity contribution >= 4 is 23.1 Å². The van der Waals surface area contributed by atoms with Gasteiger partial charge in [-0.15, -0.1) is 11.3 Å². The van der Waals surface area contributed by atoms with Gasteiger partial charge in [0.15, 0.2) is 5.82 Å². The molecule has 15 heavy (non-hydrogen) atoms. The fraction of sp³-hybridized carbons (Fsp3) is 0. The average Bonchev–Trinajstić information content (AvgIpc) is 2.69. The van der Waals surface area contributed by atoms with E-state index in [2.05, 4.69) is 15.0 Å². The molecular weight excluding hydrogens is 214 g/mol. The lowest BCUT2D eigenvalue weighted by Gasteiger charge is -2.01. The predicted octanol–water partition coefficient (Wildman–Crippen LogP) is 0.281. The summed E-state index contributed by atoms with van der Waals surface area (Å²) in [6, 6.07) is 0. The molecule has 76 valence electrons. The number of rotatable bonds is 2. The minimum Gasteiger partial charge on any atom is -0.383 e. The molecule has 4 N–H and O–H groups in total. The Kier molecular flexibility index (Phi) is 2.30. The minimum absolute atomic E-state index is 0.0842. The van der Waals surface area contributed by atoms with E-state index in [4.69, 9.17) is 11.5 Å². The maximum atomic E-state index is 10.9. The van der Waals surface area contributed by atoms with Crippen molar-refractivity contribution in [2.75, 3.05) is 5.73 Å². The number of nitrogens with zero attached hydrogens (tertiary/aromatic N) is 3. The number of anilines is 1. The van der Waals surface area contributed by atoms with E-state index >= 15 is 0 Å². The molecule has 2 heterocycles. The number of carbonyl (C=O) groups excluding carboxylic acids is 1. The van der Waals surface area contributed by atoms with E-state index in [1.54, 1.807) is 11.7 Å². The van der Waals surface area contributed by atoms with Crippen LogP contribution >= 0.6 is 11.3 Å². The largest absolute Gasteiger partial charge is 0.383 e. The Hall–Kier alpha value is -2.02. The Balaban J connectivity index is 2.47. The van der Waals surface area contributed by atoms with Crippen LogP contribution in [0.15, 0.2) is 17.9 Å². The van der Waals surface area contributed by atoms with E-state index in [0.717, 1.165) is 4.88 Å². The Morgan fingerprint density at radius 1 is 1.40 bits per heavy atom. The maximum absolute atomic E-state index is 10.9. The van der Waals surface area contributed by atoms with Gasteiger partial charge in [-0.05, 0) is 0 Å². The fourth-order valence-corrected chi connectivity index (χ4v) is 1.59. The van der Waals surface area contributed by atoms with Crippen molar-refractivity contribution in [3.63, 3.8) is 0 Å². The van der Waals surface area contributed by atoms with Crippen LogP contribution in [-0.2, 0) is 0 Å². The summed E-state index contributed by atoms with van der Waals surface area (Å²) in [7, 11) is 0. The Bertz CT molecular complexity index is 496. The van der Waals surface area contributed by atoms with Crippen molar-refractivity contribution in [2.24, 2.45) is 5.73 Å². The Morgan fingerprint density at radius 2 is 2.20 bits per heavy atom. The van der Waals surface area contributed by atoms with Gasteiger partial charge in [0.1, 0.15) is 5.82 Å². The molecule has 0 saturated heterocycles. The zero-order chi connectivity index (χ0) is 10.8. The Morgan fingerprint density at radius 3 is 2.73 bits per heavy atom. The highest BCUT2D eigenvalue weighted by atomic mass is 32.1. The second kappa shape index (κ2) is 3.62. The SMILES string of the molecule is NC(=O)c1cnc(-c2cncs2)nc1N. The lowest BCUT2D eigenvalue weighted by molar-refractivity contribution is 0.100. The summed E-state index contributed by atoms with van der Waals surface area (Å²) in [5.74, 6) is -0.107. The van der Waals surface area contributed by atoms with Crippen molar-refractivity contribution in [3.8, 4) is 10.7 Å². The van der Waals surface area contributed by atoms with Gasteiger partial charge in [-0.25, -0.2) is 9.97 Å². The number of amides is 1. The third-order valence-corrected chi connectivity index (χ3v) is 2.51. The van der Waals surface area contributed by atoms with Crippen LogP contribution < -0.4 is 11.5 Å². The molecule has 0 spiro atoms. The number of nitrogen functional groups attached to an aromatic ring is 1.